The number of esters is 1. The van der Waals surface area contributed by atoms with E-state index in [0.29, 0.717) is 17.2 Å². The number of nitrogens with zero attached hydrogens (tertiary/aromatic N) is 3. The summed E-state index contributed by atoms with van der Waals surface area (Å²) in [4.78, 5) is 24.2. The van der Waals surface area contributed by atoms with Gasteiger partial charge in [0.25, 0.3) is 0 Å². The highest BCUT2D eigenvalue weighted by molar-refractivity contribution is 7.13. The zero-order chi connectivity index (χ0) is 18.5. The van der Waals surface area contributed by atoms with Crippen molar-refractivity contribution in [1.29, 1.82) is 0 Å². The van der Waals surface area contributed by atoms with Gasteiger partial charge in [0, 0.05) is 17.8 Å². The fourth-order valence-electron chi connectivity index (χ4n) is 2.27. The molecule has 2 heterocycles. The Morgan fingerprint density at radius 3 is 2.73 bits per heavy atom. The van der Waals surface area contributed by atoms with Crippen LogP contribution in [0.2, 0.25) is 0 Å². The molecule has 0 spiro atoms. The normalized spacial score (nSPS) is 10.4. The molecular formula is C17H16N4O4S. The van der Waals surface area contributed by atoms with Crippen molar-refractivity contribution < 1.29 is 19.0 Å². The first-order valence-corrected chi connectivity index (χ1v) is 8.41. The summed E-state index contributed by atoms with van der Waals surface area (Å²) in [5.41, 5.74) is 7.00. The molecule has 0 aliphatic rings. The topological polar surface area (TPSA) is 109 Å². The van der Waals surface area contributed by atoms with Gasteiger partial charge < -0.3 is 19.9 Å². The molecule has 0 atom stereocenters. The van der Waals surface area contributed by atoms with E-state index >= 15 is 0 Å². The molecular weight excluding hydrogens is 356 g/mol. The van der Waals surface area contributed by atoms with Crippen molar-refractivity contribution in [2.24, 2.45) is 0 Å². The van der Waals surface area contributed by atoms with Gasteiger partial charge >= 0.3 is 5.97 Å². The van der Waals surface area contributed by atoms with E-state index in [4.69, 9.17) is 19.9 Å². The van der Waals surface area contributed by atoms with Gasteiger partial charge in [0.05, 0.1) is 25.5 Å². The number of benzene rings is 1. The molecule has 1 aromatic carbocycles. The van der Waals surface area contributed by atoms with Gasteiger partial charge in [0.15, 0.2) is 23.0 Å². The predicted molar refractivity (Wildman–Crippen MR) is 96.2 cm³/mol. The molecule has 2 N–H and O–H groups in total. The number of nitrogen functional groups attached to an aromatic ring is 1. The maximum atomic E-state index is 12.0. The number of ether oxygens (including phenoxy) is 3. The number of nitrogens with two attached hydrogens (primary N) is 1. The first kappa shape index (κ1) is 17.6. The van der Waals surface area contributed by atoms with Gasteiger partial charge in [-0.3, -0.25) is 0 Å². The average molecular weight is 372 g/mol. The summed E-state index contributed by atoms with van der Waals surface area (Å²) < 4.78 is 15.9. The largest absolute Gasteiger partial charge is 0.493 e. The van der Waals surface area contributed by atoms with Crippen LogP contribution in [-0.2, 0) is 11.3 Å². The Kier molecular flexibility index (Phi) is 5.28. The number of anilines is 1. The highest BCUT2D eigenvalue weighted by atomic mass is 32.1. The summed E-state index contributed by atoms with van der Waals surface area (Å²) in [6.07, 6.45) is 2.78. The van der Waals surface area contributed by atoms with Crippen LogP contribution in [-0.4, -0.2) is 35.1 Å². The van der Waals surface area contributed by atoms with E-state index in [2.05, 4.69) is 15.0 Å². The van der Waals surface area contributed by atoms with E-state index in [1.807, 2.05) is 23.6 Å². The van der Waals surface area contributed by atoms with Crippen molar-refractivity contribution in [3.63, 3.8) is 0 Å². The minimum Gasteiger partial charge on any atom is -0.493 e. The Labute approximate surface area is 153 Å². The average Bonchev–Trinajstić information content (AvgIpc) is 3.14. The lowest BCUT2D eigenvalue weighted by atomic mass is 10.2. The van der Waals surface area contributed by atoms with Crippen LogP contribution in [0.25, 0.3) is 10.6 Å². The van der Waals surface area contributed by atoms with Crippen LogP contribution < -0.4 is 15.2 Å². The Balaban J connectivity index is 1.75. The van der Waals surface area contributed by atoms with Gasteiger partial charge in [-0.2, -0.15) is 0 Å². The van der Waals surface area contributed by atoms with Crippen molar-refractivity contribution in [1.82, 2.24) is 15.0 Å². The maximum Gasteiger partial charge on any atom is 0.361 e. The third-order valence-corrected chi connectivity index (χ3v) is 4.38. The van der Waals surface area contributed by atoms with Crippen LogP contribution in [0.4, 0.5) is 5.82 Å². The maximum absolute atomic E-state index is 12.0. The van der Waals surface area contributed by atoms with Gasteiger partial charge in [-0.1, -0.05) is 6.07 Å². The number of thiazole rings is 1. The molecule has 0 radical (unpaired) electrons. The predicted octanol–water partition coefficient (Wildman–Crippen LogP) is 2.56. The zero-order valence-electron chi connectivity index (χ0n) is 14.1. The minimum absolute atomic E-state index is 0.00235. The van der Waals surface area contributed by atoms with E-state index in [0.717, 1.165) is 10.6 Å². The summed E-state index contributed by atoms with van der Waals surface area (Å²) in [7, 11) is 3.15. The van der Waals surface area contributed by atoms with Crippen molar-refractivity contribution in [3.8, 4) is 22.1 Å². The summed E-state index contributed by atoms with van der Waals surface area (Å²) >= 11 is 1.41. The number of hydrogen-bond donors (Lipinski definition) is 1. The molecule has 0 amide bonds. The van der Waals surface area contributed by atoms with E-state index < -0.39 is 5.97 Å². The van der Waals surface area contributed by atoms with E-state index in [9.17, 15) is 4.79 Å². The van der Waals surface area contributed by atoms with Gasteiger partial charge in [-0.05, 0) is 12.1 Å². The minimum atomic E-state index is -0.649. The second kappa shape index (κ2) is 7.79. The number of carbonyl (C=O) groups excluding carboxylic acids is 1. The van der Waals surface area contributed by atoms with Gasteiger partial charge in [0.1, 0.15) is 11.6 Å². The van der Waals surface area contributed by atoms with Crippen LogP contribution in [0.3, 0.4) is 0 Å². The highest BCUT2D eigenvalue weighted by Crippen LogP contribution is 2.39. The number of rotatable bonds is 6. The standard InChI is InChI=1S/C17H16N4O4S/c1-23-12-5-3-4-11(14(12)24-2)16-21-10(9-26-16)8-25-17(22)13-15(18)20-7-6-19-13/h3-7,9H,8H2,1-2H3,(H2,18,20). The lowest BCUT2D eigenvalue weighted by Crippen LogP contribution is -2.11. The van der Waals surface area contributed by atoms with Crippen LogP contribution in [0, 0.1) is 0 Å². The molecule has 3 aromatic rings. The summed E-state index contributed by atoms with van der Waals surface area (Å²) in [6.45, 7) is -0.00235. The Bertz CT molecular complexity index is 929. The highest BCUT2D eigenvalue weighted by Gasteiger charge is 2.17. The first-order valence-electron chi connectivity index (χ1n) is 7.53. The fourth-order valence-corrected chi connectivity index (χ4v) is 3.09. The Morgan fingerprint density at radius 2 is 2.00 bits per heavy atom. The second-order valence-corrected chi connectivity index (χ2v) is 5.91. The van der Waals surface area contributed by atoms with Crippen LogP contribution >= 0.6 is 11.3 Å². The second-order valence-electron chi connectivity index (χ2n) is 5.05. The monoisotopic (exact) mass is 372 g/mol. The third kappa shape index (κ3) is 3.57. The number of aromatic nitrogens is 3. The number of methoxy groups -OCH3 is 2. The molecule has 26 heavy (non-hydrogen) atoms. The molecule has 0 bridgehead atoms. The number of hydrogen-bond acceptors (Lipinski definition) is 9. The van der Waals surface area contributed by atoms with E-state index in [1.54, 1.807) is 14.2 Å². The van der Waals surface area contributed by atoms with Crippen molar-refractivity contribution in [2.75, 3.05) is 20.0 Å². The lowest BCUT2D eigenvalue weighted by Gasteiger charge is -2.10. The molecule has 8 nitrogen and oxygen atoms in total. The number of carbonyl (C=O) groups is 1. The Morgan fingerprint density at radius 1 is 1.19 bits per heavy atom. The van der Waals surface area contributed by atoms with Gasteiger partial charge in [-0.25, -0.2) is 19.7 Å². The molecule has 0 saturated heterocycles. The molecule has 0 aliphatic carbocycles. The zero-order valence-corrected chi connectivity index (χ0v) is 14.9. The van der Waals surface area contributed by atoms with Crippen molar-refractivity contribution in [3.05, 3.63) is 47.4 Å². The molecule has 0 unspecified atom stereocenters. The molecule has 134 valence electrons. The lowest BCUT2D eigenvalue weighted by molar-refractivity contribution is 0.0462. The smallest absolute Gasteiger partial charge is 0.361 e. The molecule has 0 saturated carbocycles. The van der Waals surface area contributed by atoms with Crippen LogP contribution in [0.15, 0.2) is 36.0 Å². The van der Waals surface area contributed by atoms with Crippen molar-refractivity contribution in [2.45, 2.75) is 6.61 Å². The Hall–Kier alpha value is -3.20. The third-order valence-electron chi connectivity index (χ3n) is 3.46. The SMILES string of the molecule is COc1cccc(-c2nc(COC(=O)c3nccnc3N)cs2)c1OC. The van der Waals surface area contributed by atoms with Crippen LogP contribution in [0.5, 0.6) is 11.5 Å². The molecule has 0 fully saturated rings. The van der Waals surface area contributed by atoms with Gasteiger partial charge in [0.2, 0.25) is 0 Å². The van der Waals surface area contributed by atoms with E-state index in [1.165, 1.54) is 23.7 Å². The summed E-state index contributed by atoms with van der Waals surface area (Å²) in [6, 6.07) is 5.55. The van der Waals surface area contributed by atoms with E-state index in [-0.39, 0.29) is 18.1 Å². The quantitative estimate of drug-likeness (QED) is 0.658. The van der Waals surface area contributed by atoms with Crippen LogP contribution in [0.1, 0.15) is 16.2 Å². The summed E-state index contributed by atoms with van der Waals surface area (Å²) in [5, 5.41) is 2.53. The molecule has 0 aliphatic heterocycles. The first-order chi connectivity index (χ1) is 12.6. The summed E-state index contributed by atoms with van der Waals surface area (Å²) in [5.74, 6) is 0.591. The van der Waals surface area contributed by atoms with Gasteiger partial charge in [-0.15, -0.1) is 11.3 Å². The molecule has 3 rings (SSSR count). The number of para-hydroxylation sites is 1. The molecule has 2 aromatic heterocycles. The van der Waals surface area contributed by atoms with Crippen molar-refractivity contribution >= 4 is 23.1 Å². The molecule has 9 heteroatoms. The fraction of sp³-hybridized carbons (Fsp3) is 0.176.